The number of nitrogens with one attached hydrogen (secondary N) is 1. The van der Waals surface area contributed by atoms with Crippen LogP contribution in [0.5, 0.6) is 0 Å². The zero-order chi connectivity index (χ0) is 18.6. The summed E-state index contributed by atoms with van der Waals surface area (Å²) in [4.78, 5) is 26.7. The van der Waals surface area contributed by atoms with Crippen LogP contribution in [0.4, 0.5) is 0 Å². The predicted octanol–water partition coefficient (Wildman–Crippen LogP) is 4.57. The minimum absolute atomic E-state index is 0.177. The molecule has 0 saturated carbocycles. The second kappa shape index (κ2) is 7.77. The topological polar surface area (TPSA) is 67.8 Å². The quantitative estimate of drug-likeness (QED) is 0.540. The van der Waals surface area contributed by atoms with Crippen LogP contribution in [-0.2, 0) is 6.54 Å². The molecule has 0 unspecified atom stereocenters. The van der Waals surface area contributed by atoms with Crippen LogP contribution >= 0.6 is 22.7 Å². The average molecular weight is 393 g/mol. The fraction of sp³-hybridized carbons (Fsp3) is 0.100. The molecule has 134 valence electrons. The third kappa shape index (κ3) is 3.94. The Balaban J connectivity index is 1.44. The molecule has 0 spiro atoms. The number of hydrogen-bond acceptors (Lipinski definition) is 6. The molecule has 7 heteroatoms. The third-order valence-electron chi connectivity index (χ3n) is 3.97. The van der Waals surface area contributed by atoms with Crippen molar-refractivity contribution in [3.05, 3.63) is 76.5 Å². The Bertz CT molecular complexity index is 1060. The van der Waals surface area contributed by atoms with E-state index >= 15 is 0 Å². The van der Waals surface area contributed by atoms with Crippen molar-refractivity contribution in [2.24, 2.45) is 0 Å². The SMILES string of the molecule is Cc1nc(-c2cccnc2)sc1CNC(=O)c1csc(-c2ccccc2)n1. The molecular formula is C20H16N4OS2. The molecule has 0 radical (unpaired) electrons. The van der Waals surface area contributed by atoms with Gasteiger partial charge in [-0.15, -0.1) is 22.7 Å². The van der Waals surface area contributed by atoms with Gasteiger partial charge in [0.15, 0.2) is 0 Å². The first-order valence-electron chi connectivity index (χ1n) is 8.36. The molecular weight excluding hydrogens is 376 g/mol. The van der Waals surface area contributed by atoms with Crippen molar-refractivity contribution in [2.75, 3.05) is 0 Å². The van der Waals surface area contributed by atoms with E-state index in [4.69, 9.17) is 0 Å². The van der Waals surface area contributed by atoms with Gasteiger partial charge in [0.2, 0.25) is 0 Å². The van der Waals surface area contributed by atoms with Crippen molar-refractivity contribution in [1.82, 2.24) is 20.3 Å². The zero-order valence-electron chi connectivity index (χ0n) is 14.5. The maximum atomic E-state index is 12.5. The number of amides is 1. The van der Waals surface area contributed by atoms with Crippen LogP contribution in [0.15, 0.2) is 60.2 Å². The molecule has 0 aliphatic rings. The lowest BCUT2D eigenvalue weighted by molar-refractivity contribution is 0.0947. The van der Waals surface area contributed by atoms with Crippen LogP contribution in [0.1, 0.15) is 21.1 Å². The third-order valence-corrected chi connectivity index (χ3v) is 6.07. The van der Waals surface area contributed by atoms with Gasteiger partial charge in [-0.25, -0.2) is 9.97 Å². The van der Waals surface area contributed by atoms with Gasteiger partial charge in [-0.1, -0.05) is 30.3 Å². The van der Waals surface area contributed by atoms with Gasteiger partial charge in [-0.3, -0.25) is 9.78 Å². The van der Waals surface area contributed by atoms with Crippen molar-refractivity contribution in [3.63, 3.8) is 0 Å². The van der Waals surface area contributed by atoms with Gasteiger partial charge in [-0.2, -0.15) is 0 Å². The van der Waals surface area contributed by atoms with Gasteiger partial charge in [0.05, 0.1) is 12.2 Å². The Labute approximate surface area is 164 Å². The van der Waals surface area contributed by atoms with Crippen LogP contribution in [0.3, 0.4) is 0 Å². The van der Waals surface area contributed by atoms with Gasteiger partial charge < -0.3 is 5.32 Å². The van der Waals surface area contributed by atoms with Gasteiger partial charge in [0, 0.05) is 33.8 Å². The van der Waals surface area contributed by atoms with Crippen LogP contribution in [0.2, 0.25) is 0 Å². The summed E-state index contributed by atoms with van der Waals surface area (Å²) in [6.45, 7) is 2.38. The van der Waals surface area contributed by atoms with E-state index in [1.165, 1.54) is 11.3 Å². The molecule has 3 aromatic heterocycles. The first kappa shape index (κ1) is 17.5. The van der Waals surface area contributed by atoms with Gasteiger partial charge in [-0.05, 0) is 19.1 Å². The number of aromatic nitrogens is 3. The van der Waals surface area contributed by atoms with Crippen molar-refractivity contribution < 1.29 is 4.79 Å². The summed E-state index contributed by atoms with van der Waals surface area (Å²) in [6, 6.07) is 13.7. The van der Waals surface area contributed by atoms with Crippen molar-refractivity contribution in [2.45, 2.75) is 13.5 Å². The van der Waals surface area contributed by atoms with E-state index in [0.29, 0.717) is 12.2 Å². The largest absolute Gasteiger partial charge is 0.346 e. The number of nitrogens with zero attached hydrogens (tertiary/aromatic N) is 3. The average Bonchev–Trinajstić information content (AvgIpc) is 3.35. The number of rotatable bonds is 5. The molecule has 0 saturated heterocycles. The molecule has 1 aromatic carbocycles. The van der Waals surface area contributed by atoms with E-state index in [9.17, 15) is 4.79 Å². The van der Waals surface area contributed by atoms with Gasteiger partial charge >= 0.3 is 0 Å². The lowest BCUT2D eigenvalue weighted by Gasteiger charge is -2.01. The monoisotopic (exact) mass is 392 g/mol. The lowest BCUT2D eigenvalue weighted by atomic mass is 10.2. The highest BCUT2D eigenvalue weighted by molar-refractivity contribution is 7.15. The minimum Gasteiger partial charge on any atom is -0.346 e. The number of aryl methyl sites for hydroxylation is 1. The molecule has 0 fully saturated rings. The van der Waals surface area contributed by atoms with E-state index < -0.39 is 0 Å². The first-order valence-corrected chi connectivity index (χ1v) is 10.1. The van der Waals surface area contributed by atoms with Crippen LogP contribution in [0, 0.1) is 6.92 Å². The molecule has 5 nitrogen and oxygen atoms in total. The lowest BCUT2D eigenvalue weighted by Crippen LogP contribution is -2.22. The summed E-state index contributed by atoms with van der Waals surface area (Å²) in [5.74, 6) is -0.177. The number of hydrogen-bond donors (Lipinski definition) is 1. The number of thiazole rings is 2. The van der Waals surface area contributed by atoms with Crippen LogP contribution < -0.4 is 5.32 Å². The predicted molar refractivity (Wildman–Crippen MR) is 109 cm³/mol. The maximum absolute atomic E-state index is 12.5. The Morgan fingerprint density at radius 1 is 1.04 bits per heavy atom. The van der Waals surface area contributed by atoms with Gasteiger partial charge in [0.1, 0.15) is 15.7 Å². The second-order valence-electron chi connectivity index (χ2n) is 5.86. The van der Waals surface area contributed by atoms with Gasteiger partial charge in [0.25, 0.3) is 5.91 Å². The summed E-state index contributed by atoms with van der Waals surface area (Å²) < 4.78 is 0. The second-order valence-corrected chi connectivity index (χ2v) is 7.80. The Morgan fingerprint density at radius 2 is 1.85 bits per heavy atom. The molecule has 0 aliphatic heterocycles. The number of carbonyl (C=O) groups excluding carboxylic acids is 1. The molecule has 4 aromatic rings. The van der Waals surface area contributed by atoms with Crippen LogP contribution in [-0.4, -0.2) is 20.9 Å². The molecule has 0 aliphatic carbocycles. The Hall–Kier alpha value is -2.90. The van der Waals surface area contributed by atoms with Crippen LogP contribution in [0.25, 0.3) is 21.1 Å². The highest BCUT2D eigenvalue weighted by Crippen LogP contribution is 2.27. The maximum Gasteiger partial charge on any atom is 0.271 e. The van der Waals surface area contributed by atoms with Crippen molar-refractivity contribution in [1.29, 1.82) is 0 Å². The van der Waals surface area contributed by atoms with E-state index in [0.717, 1.165) is 31.7 Å². The number of pyridine rings is 1. The van der Waals surface area contributed by atoms with E-state index in [-0.39, 0.29) is 5.91 Å². The zero-order valence-corrected chi connectivity index (χ0v) is 16.2. The Kier molecular flexibility index (Phi) is 5.04. The van der Waals surface area contributed by atoms with E-state index in [2.05, 4.69) is 20.3 Å². The normalized spacial score (nSPS) is 10.7. The molecule has 1 N–H and O–H groups in total. The summed E-state index contributed by atoms with van der Waals surface area (Å²) in [7, 11) is 0. The summed E-state index contributed by atoms with van der Waals surface area (Å²) >= 11 is 3.04. The fourth-order valence-electron chi connectivity index (χ4n) is 2.55. The fourth-order valence-corrected chi connectivity index (χ4v) is 4.35. The standard InChI is InChI=1S/C20H16N4OS2/c1-13-17(27-20(23-13)15-8-5-9-21-10-15)11-22-18(25)16-12-26-19(24-16)14-6-3-2-4-7-14/h2-10,12H,11H2,1H3,(H,22,25). The molecule has 27 heavy (non-hydrogen) atoms. The Morgan fingerprint density at radius 3 is 2.63 bits per heavy atom. The van der Waals surface area contributed by atoms with Crippen molar-refractivity contribution in [3.8, 4) is 21.1 Å². The minimum atomic E-state index is -0.177. The van der Waals surface area contributed by atoms with E-state index in [1.807, 2.05) is 49.4 Å². The molecule has 0 bridgehead atoms. The molecule has 3 heterocycles. The molecule has 0 atom stereocenters. The summed E-state index contributed by atoms with van der Waals surface area (Å²) in [6.07, 6.45) is 3.53. The molecule has 1 amide bonds. The first-order chi connectivity index (χ1) is 13.2. The summed E-state index contributed by atoms with van der Waals surface area (Å²) in [5.41, 5.74) is 3.35. The van der Waals surface area contributed by atoms with Crippen molar-refractivity contribution >= 4 is 28.6 Å². The highest BCUT2D eigenvalue weighted by Gasteiger charge is 2.14. The summed E-state index contributed by atoms with van der Waals surface area (Å²) in [5, 5.41) is 6.48. The van der Waals surface area contributed by atoms with E-state index in [1.54, 1.807) is 29.1 Å². The highest BCUT2D eigenvalue weighted by atomic mass is 32.1. The number of benzene rings is 1. The number of carbonyl (C=O) groups is 1. The molecule has 4 rings (SSSR count). The smallest absolute Gasteiger partial charge is 0.271 e.